The third-order valence-electron chi connectivity index (χ3n) is 5.59. The van der Waals surface area contributed by atoms with E-state index in [1.165, 1.54) is 16.1 Å². The molecule has 0 saturated heterocycles. The van der Waals surface area contributed by atoms with Crippen molar-refractivity contribution in [2.45, 2.75) is 50.6 Å². The molecule has 1 aromatic carbocycles. The highest BCUT2D eigenvalue weighted by atomic mass is 32.1. The van der Waals surface area contributed by atoms with Crippen LogP contribution in [0.2, 0.25) is 0 Å². The summed E-state index contributed by atoms with van der Waals surface area (Å²) < 4.78 is 28.0. The number of benzene rings is 1. The van der Waals surface area contributed by atoms with E-state index in [-0.39, 0.29) is 19.3 Å². The molecule has 2 N–H and O–H groups in total. The first kappa shape index (κ1) is 22.4. The molecule has 0 radical (unpaired) electrons. The highest BCUT2D eigenvalue weighted by Gasteiger charge is 2.45. The molecule has 11 heteroatoms. The number of anilines is 1. The maximum absolute atomic E-state index is 14.0. The summed E-state index contributed by atoms with van der Waals surface area (Å²) in [6.07, 6.45) is -0.320. The van der Waals surface area contributed by atoms with Gasteiger partial charge >= 0.3 is 0 Å². The number of halogens is 2. The van der Waals surface area contributed by atoms with Gasteiger partial charge in [0.15, 0.2) is 5.13 Å². The maximum atomic E-state index is 14.0. The zero-order valence-electron chi connectivity index (χ0n) is 17.9. The minimum atomic E-state index is -2.78. The molecular weight excluding hydrogens is 438 g/mol. The Morgan fingerprint density at radius 3 is 2.59 bits per heavy atom. The summed E-state index contributed by atoms with van der Waals surface area (Å²) in [4.78, 5) is 18.9. The molecule has 0 spiro atoms. The van der Waals surface area contributed by atoms with E-state index < -0.39 is 29.3 Å². The molecule has 0 unspecified atom stereocenters. The van der Waals surface area contributed by atoms with Gasteiger partial charge in [0, 0.05) is 23.8 Å². The van der Waals surface area contributed by atoms with Gasteiger partial charge in [-0.2, -0.15) is 4.80 Å². The van der Waals surface area contributed by atoms with E-state index >= 15 is 0 Å². The maximum Gasteiger partial charge on any atom is 0.248 e. The third-order valence-corrected chi connectivity index (χ3v) is 6.35. The molecule has 3 aromatic rings. The van der Waals surface area contributed by atoms with Crippen LogP contribution < -0.4 is 5.32 Å². The van der Waals surface area contributed by atoms with Gasteiger partial charge < -0.3 is 10.4 Å². The smallest absolute Gasteiger partial charge is 0.248 e. The van der Waals surface area contributed by atoms with Gasteiger partial charge in [-0.05, 0) is 37.0 Å². The predicted molar refractivity (Wildman–Crippen MR) is 115 cm³/mol. The number of carbonyl (C=O) groups is 1. The molecule has 2 atom stereocenters. The topological polar surface area (TPSA) is 106 Å². The Balaban J connectivity index is 1.60. The molecule has 32 heavy (non-hydrogen) atoms. The van der Waals surface area contributed by atoms with E-state index in [0.29, 0.717) is 27.8 Å². The molecule has 1 aliphatic rings. The van der Waals surface area contributed by atoms with Crippen LogP contribution in [0.3, 0.4) is 0 Å². The van der Waals surface area contributed by atoms with Crippen molar-refractivity contribution in [3.8, 4) is 11.4 Å². The van der Waals surface area contributed by atoms with Crippen molar-refractivity contribution in [1.82, 2.24) is 25.2 Å². The van der Waals surface area contributed by atoms with Crippen LogP contribution in [-0.4, -0.2) is 42.1 Å². The quantitative estimate of drug-likeness (QED) is 0.578. The van der Waals surface area contributed by atoms with E-state index in [1.807, 2.05) is 0 Å². The zero-order valence-corrected chi connectivity index (χ0v) is 18.7. The summed E-state index contributed by atoms with van der Waals surface area (Å²) >= 11 is 1.18. The molecule has 0 aliphatic heterocycles. The number of hydrogen-bond acceptors (Lipinski definition) is 7. The highest BCUT2D eigenvalue weighted by Crippen LogP contribution is 2.46. The Bertz CT molecular complexity index is 1110. The molecule has 1 aliphatic carbocycles. The molecule has 8 nitrogen and oxygen atoms in total. The highest BCUT2D eigenvalue weighted by molar-refractivity contribution is 7.14. The minimum Gasteiger partial charge on any atom is -0.384 e. The lowest BCUT2D eigenvalue weighted by atomic mass is 9.83. The second-order valence-corrected chi connectivity index (χ2v) is 9.51. The van der Waals surface area contributed by atoms with Gasteiger partial charge in [-0.25, -0.2) is 13.8 Å². The standard InChI is InChI=1S/C21H24F2N6O2S/c1-20(2,31)15-11-32-19(24-15)25-18(30)16(14-8-9-21(22,23)10-14)12-4-6-13(7-5-12)17-26-28-29(3)27-17/h4-7,11,14,16,31H,8-10H2,1-3H3,(H,24,25,30)/t14-,16+/m0/s1. The van der Waals surface area contributed by atoms with Crippen molar-refractivity contribution < 1.29 is 18.7 Å². The second kappa shape index (κ2) is 8.28. The van der Waals surface area contributed by atoms with E-state index in [9.17, 15) is 18.7 Å². The predicted octanol–water partition coefficient (Wildman–Crippen LogP) is 3.72. The van der Waals surface area contributed by atoms with Crippen LogP contribution in [0.15, 0.2) is 29.6 Å². The van der Waals surface area contributed by atoms with Gasteiger partial charge in [0.25, 0.3) is 0 Å². The first-order chi connectivity index (χ1) is 15.0. The van der Waals surface area contributed by atoms with Crippen molar-refractivity contribution in [3.63, 3.8) is 0 Å². The summed E-state index contributed by atoms with van der Waals surface area (Å²) in [5.41, 5.74) is 0.642. The summed E-state index contributed by atoms with van der Waals surface area (Å²) in [6, 6.07) is 7.01. The molecule has 170 valence electrons. The number of nitrogens with one attached hydrogen (secondary N) is 1. The lowest BCUT2D eigenvalue weighted by molar-refractivity contribution is -0.118. The van der Waals surface area contributed by atoms with Crippen LogP contribution in [0.4, 0.5) is 13.9 Å². The fraction of sp³-hybridized carbons (Fsp3) is 0.476. The number of alkyl halides is 2. The molecule has 4 rings (SSSR count). The van der Waals surface area contributed by atoms with Crippen LogP contribution in [0.1, 0.15) is 50.3 Å². The number of amides is 1. The van der Waals surface area contributed by atoms with Crippen molar-refractivity contribution in [3.05, 3.63) is 40.9 Å². The molecular formula is C21H24F2N6O2S. The van der Waals surface area contributed by atoms with Crippen molar-refractivity contribution in [1.29, 1.82) is 0 Å². The van der Waals surface area contributed by atoms with Crippen molar-refractivity contribution in [2.24, 2.45) is 13.0 Å². The zero-order chi connectivity index (χ0) is 23.1. The average molecular weight is 463 g/mol. The molecule has 1 fully saturated rings. The lowest BCUT2D eigenvalue weighted by Gasteiger charge is -2.23. The molecule has 2 aromatic heterocycles. The van der Waals surface area contributed by atoms with Crippen molar-refractivity contribution in [2.75, 3.05) is 5.32 Å². The number of tetrazole rings is 1. The number of nitrogens with zero attached hydrogens (tertiary/aromatic N) is 5. The largest absolute Gasteiger partial charge is 0.384 e. The number of aliphatic hydroxyl groups is 1. The number of rotatable bonds is 6. The Labute approximate surface area is 187 Å². The van der Waals surface area contributed by atoms with E-state index in [1.54, 1.807) is 50.5 Å². The van der Waals surface area contributed by atoms with Gasteiger partial charge in [0.1, 0.15) is 5.60 Å². The SMILES string of the molecule is Cn1nnc(-c2ccc([C@@H](C(=O)Nc3nc(C(C)(C)O)cs3)[C@H]3CCC(F)(F)C3)cc2)n1. The van der Waals surface area contributed by atoms with Crippen LogP contribution in [-0.2, 0) is 17.4 Å². The van der Waals surface area contributed by atoms with Crippen LogP contribution >= 0.6 is 11.3 Å². The summed E-state index contributed by atoms with van der Waals surface area (Å²) in [6.45, 7) is 3.20. The summed E-state index contributed by atoms with van der Waals surface area (Å²) in [5, 5.41) is 26.8. The van der Waals surface area contributed by atoms with Crippen LogP contribution in [0.25, 0.3) is 11.4 Å². The molecule has 1 amide bonds. The van der Waals surface area contributed by atoms with Crippen LogP contribution in [0.5, 0.6) is 0 Å². The number of thiazole rings is 1. The number of aryl methyl sites for hydroxylation is 1. The minimum absolute atomic E-state index is 0.233. The number of hydrogen-bond donors (Lipinski definition) is 2. The van der Waals surface area contributed by atoms with E-state index in [0.717, 1.165) is 0 Å². The fourth-order valence-corrected chi connectivity index (χ4v) is 4.82. The molecule has 1 saturated carbocycles. The first-order valence-corrected chi connectivity index (χ1v) is 11.1. The van der Waals surface area contributed by atoms with Crippen LogP contribution in [0, 0.1) is 5.92 Å². The monoisotopic (exact) mass is 462 g/mol. The summed E-state index contributed by atoms with van der Waals surface area (Å²) in [7, 11) is 1.66. The first-order valence-electron chi connectivity index (χ1n) is 10.2. The number of aromatic nitrogens is 5. The second-order valence-electron chi connectivity index (χ2n) is 8.65. The van der Waals surface area contributed by atoms with Gasteiger partial charge in [0.05, 0.1) is 18.7 Å². The van der Waals surface area contributed by atoms with E-state index in [2.05, 4.69) is 25.7 Å². The molecule has 0 bridgehead atoms. The van der Waals surface area contributed by atoms with Gasteiger partial charge in [-0.1, -0.05) is 24.3 Å². The fourth-order valence-electron chi connectivity index (χ4n) is 3.94. The van der Waals surface area contributed by atoms with Crippen molar-refractivity contribution >= 4 is 22.4 Å². The van der Waals surface area contributed by atoms with Gasteiger partial charge in [-0.3, -0.25) is 4.79 Å². The Hall–Kier alpha value is -2.79. The Kier molecular flexibility index (Phi) is 5.80. The van der Waals surface area contributed by atoms with E-state index in [4.69, 9.17) is 0 Å². The van der Waals surface area contributed by atoms with Gasteiger partial charge in [0.2, 0.25) is 17.7 Å². The molecule has 2 heterocycles. The third kappa shape index (κ3) is 4.83. The number of carbonyl (C=O) groups excluding carboxylic acids is 1. The normalized spacial score (nSPS) is 19.1. The average Bonchev–Trinajstić information content (AvgIpc) is 3.43. The van der Waals surface area contributed by atoms with Gasteiger partial charge in [-0.15, -0.1) is 21.5 Å². The lowest BCUT2D eigenvalue weighted by Crippen LogP contribution is -2.27. The Morgan fingerprint density at radius 1 is 1.34 bits per heavy atom. The Morgan fingerprint density at radius 2 is 2.06 bits per heavy atom. The summed E-state index contributed by atoms with van der Waals surface area (Å²) in [5.74, 6) is -3.99.